The predicted molar refractivity (Wildman–Crippen MR) is 40.1 cm³/mol. The van der Waals surface area contributed by atoms with Crippen LogP contribution in [0, 0.1) is 11.6 Å². The Hall–Kier alpha value is -1.21. The number of rotatable bonds is 2. The molecule has 0 spiro atoms. The van der Waals surface area contributed by atoms with Crippen LogP contribution in [-0.4, -0.2) is 8.42 Å². The summed E-state index contributed by atoms with van der Waals surface area (Å²) in [6, 6.07) is 2.77. The molecule has 72 valence electrons. The Kier molecular flexibility index (Phi) is 2.48. The molecule has 1 aromatic carbocycles. The van der Waals surface area contributed by atoms with Crippen molar-refractivity contribution >= 4 is 10.3 Å². The topological polar surface area (TPSA) is 69.4 Å². The van der Waals surface area contributed by atoms with Gasteiger partial charge in [0.05, 0.1) is 0 Å². The van der Waals surface area contributed by atoms with Gasteiger partial charge in [0, 0.05) is 0 Å². The second-order valence-electron chi connectivity index (χ2n) is 2.13. The van der Waals surface area contributed by atoms with E-state index in [0.29, 0.717) is 0 Å². The highest BCUT2D eigenvalue weighted by Gasteiger charge is 2.14. The first-order chi connectivity index (χ1) is 5.90. The third-order valence-electron chi connectivity index (χ3n) is 1.12. The van der Waals surface area contributed by atoms with E-state index < -0.39 is 27.7 Å². The van der Waals surface area contributed by atoms with E-state index in [-0.39, 0.29) is 0 Å². The second kappa shape index (κ2) is 3.27. The summed E-state index contributed by atoms with van der Waals surface area (Å²) in [6.45, 7) is 0. The van der Waals surface area contributed by atoms with Crippen LogP contribution in [0.1, 0.15) is 0 Å². The van der Waals surface area contributed by atoms with Crippen molar-refractivity contribution in [2.45, 2.75) is 0 Å². The molecule has 1 aromatic rings. The molecule has 0 aromatic heterocycles. The molecular weight excluding hydrogens is 204 g/mol. The van der Waals surface area contributed by atoms with E-state index in [0.717, 1.165) is 18.2 Å². The molecule has 0 fully saturated rings. The first-order valence-electron chi connectivity index (χ1n) is 3.06. The Labute approximate surface area is 73.2 Å². The summed E-state index contributed by atoms with van der Waals surface area (Å²) < 4.78 is 49.9. The molecule has 7 heteroatoms. The van der Waals surface area contributed by atoms with Crippen LogP contribution in [0.5, 0.6) is 5.75 Å². The van der Waals surface area contributed by atoms with Gasteiger partial charge in [0.1, 0.15) is 0 Å². The van der Waals surface area contributed by atoms with Crippen molar-refractivity contribution in [2.75, 3.05) is 0 Å². The SMILES string of the molecule is NS(=O)(=O)Oc1c(F)cccc1F. The lowest BCUT2D eigenvalue weighted by molar-refractivity contribution is 0.435. The fraction of sp³-hybridized carbons (Fsp3) is 0. The van der Waals surface area contributed by atoms with Crippen molar-refractivity contribution < 1.29 is 21.4 Å². The fourth-order valence-corrected chi connectivity index (χ4v) is 1.07. The summed E-state index contributed by atoms with van der Waals surface area (Å²) >= 11 is 0. The first-order valence-corrected chi connectivity index (χ1v) is 4.53. The maximum Gasteiger partial charge on any atom is 0.380 e. The Bertz CT molecular complexity index is 398. The fourth-order valence-electron chi connectivity index (χ4n) is 0.678. The number of nitrogens with two attached hydrogens (primary N) is 1. The van der Waals surface area contributed by atoms with Crippen molar-refractivity contribution in [2.24, 2.45) is 5.14 Å². The molecule has 0 aliphatic heterocycles. The highest BCUT2D eigenvalue weighted by Crippen LogP contribution is 2.21. The average Bonchev–Trinajstić information content (AvgIpc) is 1.95. The molecule has 0 atom stereocenters. The van der Waals surface area contributed by atoms with Crippen molar-refractivity contribution in [1.82, 2.24) is 0 Å². The minimum Gasteiger partial charge on any atom is -0.365 e. The lowest BCUT2D eigenvalue weighted by Crippen LogP contribution is -2.20. The van der Waals surface area contributed by atoms with Crippen LogP contribution in [0.25, 0.3) is 0 Å². The molecular formula is C6H5F2NO3S. The molecule has 0 heterocycles. The molecule has 1 rings (SSSR count). The Morgan fingerprint density at radius 2 is 1.69 bits per heavy atom. The molecule has 0 saturated heterocycles. The van der Waals surface area contributed by atoms with Gasteiger partial charge in [0.15, 0.2) is 11.6 Å². The minimum atomic E-state index is -4.40. The summed E-state index contributed by atoms with van der Waals surface area (Å²) in [4.78, 5) is 0. The van der Waals surface area contributed by atoms with Crippen LogP contribution < -0.4 is 9.32 Å². The lowest BCUT2D eigenvalue weighted by atomic mass is 10.3. The number of halogens is 2. The lowest BCUT2D eigenvalue weighted by Gasteiger charge is -2.03. The van der Waals surface area contributed by atoms with Crippen molar-refractivity contribution in [3.05, 3.63) is 29.8 Å². The van der Waals surface area contributed by atoms with Gasteiger partial charge < -0.3 is 4.18 Å². The third kappa shape index (κ3) is 2.63. The van der Waals surface area contributed by atoms with Crippen LogP contribution in [0.15, 0.2) is 18.2 Å². The number of para-hydroxylation sites is 1. The zero-order valence-corrected chi connectivity index (χ0v) is 7.01. The molecule has 0 aliphatic rings. The maximum absolute atomic E-state index is 12.7. The normalized spacial score (nSPS) is 11.3. The van der Waals surface area contributed by atoms with Crippen molar-refractivity contribution in [3.63, 3.8) is 0 Å². The Morgan fingerprint density at radius 1 is 1.23 bits per heavy atom. The van der Waals surface area contributed by atoms with Crippen LogP contribution in [-0.2, 0) is 10.3 Å². The van der Waals surface area contributed by atoms with E-state index in [9.17, 15) is 17.2 Å². The quantitative estimate of drug-likeness (QED) is 0.773. The molecule has 0 aliphatic carbocycles. The van der Waals surface area contributed by atoms with Crippen LogP contribution in [0.4, 0.5) is 8.78 Å². The smallest absolute Gasteiger partial charge is 0.365 e. The van der Waals surface area contributed by atoms with E-state index in [4.69, 9.17) is 0 Å². The summed E-state index contributed by atoms with van der Waals surface area (Å²) in [5.41, 5.74) is 0. The largest absolute Gasteiger partial charge is 0.380 e. The van der Waals surface area contributed by atoms with Crippen LogP contribution in [0.2, 0.25) is 0 Å². The zero-order chi connectivity index (χ0) is 10.1. The zero-order valence-electron chi connectivity index (χ0n) is 6.20. The number of hydrogen-bond donors (Lipinski definition) is 1. The van der Waals surface area contributed by atoms with Gasteiger partial charge in [-0.3, -0.25) is 0 Å². The molecule has 0 bridgehead atoms. The number of hydrogen-bond acceptors (Lipinski definition) is 3. The van der Waals surface area contributed by atoms with Gasteiger partial charge in [-0.2, -0.15) is 13.6 Å². The minimum absolute atomic E-state index is 0.851. The maximum atomic E-state index is 12.7. The Balaban J connectivity index is 3.15. The van der Waals surface area contributed by atoms with E-state index >= 15 is 0 Å². The first kappa shape index (κ1) is 9.87. The molecule has 0 amide bonds. The molecule has 0 saturated carbocycles. The van der Waals surface area contributed by atoms with Gasteiger partial charge in [-0.1, -0.05) is 6.07 Å². The average molecular weight is 209 g/mol. The van der Waals surface area contributed by atoms with E-state index in [1.807, 2.05) is 0 Å². The summed E-state index contributed by atoms with van der Waals surface area (Å²) in [6.07, 6.45) is 0. The van der Waals surface area contributed by atoms with Gasteiger partial charge in [-0.15, -0.1) is 0 Å². The van der Waals surface area contributed by atoms with E-state index in [1.54, 1.807) is 0 Å². The van der Waals surface area contributed by atoms with Crippen LogP contribution >= 0.6 is 0 Å². The monoisotopic (exact) mass is 209 g/mol. The molecule has 2 N–H and O–H groups in total. The third-order valence-corrected chi connectivity index (χ3v) is 1.52. The van der Waals surface area contributed by atoms with E-state index in [2.05, 4.69) is 9.32 Å². The van der Waals surface area contributed by atoms with Gasteiger partial charge in [-0.05, 0) is 12.1 Å². The Morgan fingerprint density at radius 3 is 2.08 bits per heavy atom. The molecule has 0 unspecified atom stereocenters. The summed E-state index contributed by atoms with van der Waals surface area (Å²) in [5, 5.41) is 4.42. The predicted octanol–water partition coefficient (Wildman–Crippen LogP) is 0.547. The van der Waals surface area contributed by atoms with Gasteiger partial charge in [0.2, 0.25) is 5.75 Å². The van der Waals surface area contributed by atoms with Crippen molar-refractivity contribution in [1.29, 1.82) is 0 Å². The van der Waals surface area contributed by atoms with Crippen molar-refractivity contribution in [3.8, 4) is 5.75 Å². The molecule has 0 radical (unpaired) electrons. The second-order valence-corrected chi connectivity index (χ2v) is 3.28. The highest BCUT2D eigenvalue weighted by molar-refractivity contribution is 7.84. The highest BCUT2D eigenvalue weighted by atomic mass is 32.2. The van der Waals surface area contributed by atoms with Crippen LogP contribution in [0.3, 0.4) is 0 Å². The van der Waals surface area contributed by atoms with Gasteiger partial charge >= 0.3 is 10.3 Å². The molecule has 4 nitrogen and oxygen atoms in total. The summed E-state index contributed by atoms with van der Waals surface area (Å²) in [7, 11) is -4.40. The number of benzene rings is 1. The molecule has 13 heavy (non-hydrogen) atoms. The summed E-state index contributed by atoms with van der Waals surface area (Å²) in [5.74, 6) is -3.28. The van der Waals surface area contributed by atoms with Gasteiger partial charge in [0.25, 0.3) is 0 Å². The van der Waals surface area contributed by atoms with E-state index in [1.165, 1.54) is 0 Å². The van der Waals surface area contributed by atoms with Gasteiger partial charge in [-0.25, -0.2) is 8.78 Å². The standard InChI is InChI=1S/C6H5F2NO3S/c7-4-2-1-3-5(8)6(4)12-13(9,10)11/h1-3H,(H2,9,10,11).